The predicted octanol–water partition coefficient (Wildman–Crippen LogP) is 34.6. The van der Waals surface area contributed by atoms with E-state index in [-0.39, 0.29) is 0 Å². The van der Waals surface area contributed by atoms with Crippen molar-refractivity contribution in [2.24, 2.45) is 0 Å². The zero-order valence-corrected chi connectivity index (χ0v) is 81.5. The van der Waals surface area contributed by atoms with Gasteiger partial charge >= 0.3 is 0 Å². The number of nitrogens with zero attached hydrogens (tertiary/aromatic N) is 13. The molecule has 0 saturated heterocycles. The summed E-state index contributed by atoms with van der Waals surface area (Å²) in [5, 5.41) is 14.5. The number of fused-ring (bicyclic) bond motifs is 14. The van der Waals surface area contributed by atoms with Gasteiger partial charge in [0.05, 0.1) is 49.5 Å². The molecule has 21 aromatic carbocycles. The number of hydrogen-bond acceptors (Lipinski definition) is 11. The third-order valence-corrected chi connectivity index (χ3v) is 29.7. The first kappa shape index (κ1) is 87.6. The molecule has 9 heterocycles. The minimum atomic E-state index is 0.625. The average molecular weight is 1940 g/mol. The van der Waals surface area contributed by atoms with Crippen molar-refractivity contribution in [1.82, 2.24) is 63.1 Å². The first-order valence-corrected chi connectivity index (χ1v) is 51.0. The van der Waals surface area contributed by atoms with E-state index in [9.17, 15) is 0 Å². The first-order valence-electron chi connectivity index (χ1n) is 50.2. The highest BCUT2D eigenvalue weighted by molar-refractivity contribution is 7.26. The summed E-state index contributed by atoms with van der Waals surface area (Å²) >= 11 is 1.87. The summed E-state index contributed by atoms with van der Waals surface area (Å²) in [6.07, 6.45) is 0. The quantitative estimate of drug-likeness (QED) is 0.0971. The standard InChI is InChI=1S/C51H33N5.C45H28N4S.C39H24N4O/c1-4-15-34(16-5-1)49-52-50(35-17-6-2-7-18-35)54-51(53-49)38-19-14-22-40(31-38)56-46-26-13-11-24-42(46)44-33-37(28-30-48(44)56)36-27-29-47-43(32-36)41-23-10-12-25-45(41)55(47)39-20-8-3-9-21-39;1-3-12-29(13-4-1)43-46-44(30-14-5-2-6-15-30)48-45(47-43)31-22-25-33(26-23-31)49-39-20-9-7-16-35(39)36-27-24-32(28-40(36)49)34-18-11-19-38-37-17-8-10-21-41(37)50-42(34)38;1-3-12-25(13-4-1)37-40-38(26-14-5-2-6-15-26)42-39(41-37)27-16-9-17-28(24-27)43-31-20-10-19-30-29-18-7-8-22-33(29)44-34-23-11-21-32(43)36(34)35(30)31/h1-33H;1-28H;1-24H. The van der Waals surface area contributed by atoms with Crippen molar-refractivity contribution in [1.29, 1.82) is 0 Å². The maximum absolute atomic E-state index is 6.53. The normalized spacial score (nSPS) is 11.6. The summed E-state index contributed by atoms with van der Waals surface area (Å²) in [7, 11) is 0. The van der Waals surface area contributed by atoms with Crippen LogP contribution in [0, 0.1) is 0 Å². The Labute approximate surface area is 865 Å². The summed E-state index contributed by atoms with van der Waals surface area (Å²) in [4.78, 5) is 44.5. The molecule has 15 heteroatoms. The molecule has 0 atom stereocenters. The Morgan fingerprint density at radius 3 is 0.927 bits per heavy atom. The summed E-state index contributed by atoms with van der Waals surface area (Å²) in [6.45, 7) is 0. The molecule has 30 aromatic rings. The molecule has 0 aliphatic heterocycles. The molecular weight excluding hydrogens is 1850 g/mol. The fourth-order valence-electron chi connectivity index (χ4n) is 21.5. The van der Waals surface area contributed by atoms with Crippen LogP contribution < -0.4 is 0 Å². The zero-order valence-electron chi connectivity index (χ0n) is 80.7. The molecule has 0 amide bonds. The van der Waals surface area contributed by atoms with Crippen LogP contribution in [0.3, 0.4) is 0 Å². The van der Waals surface area contributed by atoms with Gasteiger partial charge in [-0.2, -0.15) is 0 Å². The van der Waals surface area contributed by atoms with Crippen LogP contribution in [0.4, 0.5) is 0 Å². The summed E-state index contributed by atoms with van der Waals surface area (Å²) in [5.41, 5.74) is 28.6. The molecule has 0 aliphatic rings. The number of thiophene rings is 1. The van der Waals surface area contributed by atoms with Crippen LogP contribution in [0.25, 0.3) is 277 Å². The van der Waals surface area contributed by atoms with E-state index in [4.69, 9.17) is 49.3 Å². The minimum Gasteiger partial charge on any atom is -0.456 e. The van der Waals surface area contributed by atoms with E-state index in [1.54, 1.807) is 0 Å². The summed E-state index contributed by atoms with van der Waals surface area (Å²) in [6, 6.07) is 180. The maximum Gasteiger partial charge on any atom is 0.164 e. The Kier molecular flexibility index (Phi) is 21.8. The lowest BCUT2D eigenvalue weighted by Gasteiger charge is -2.12. The first-order chi connectivity index (χ1) is 74.4. The number of rotatable bonds is 15. The molecule has 0 saturated carbocycles. The van der Waals surface area contributed by atoms with Gasteiger partial charge in [0.25, 0.3) is 0 Å². The van der Waals surface area contributed by atoms with E-state index in [0.29, 0.717) is 52.4 Å². The molecule has 0 unspecified atom stereocenters. The van der Waals surface area contributed by atoms with Gasteiger partial charge < -0.3 is 22.7 Å². The molecule has 0 N–H and O–H groups in total. The second-order valence-corrected chi connectivity index (χ2v) is 38.5. The van der Waals surface area contributed by atoms with Crippen molar-refractivity contribution >= 4 is 141 Å². The molecular formula is C135H85N13OS. The van der Waals surface area contributed by atoms with E-state index in [1.807, 2.05) is 205 Å². The maximum atomic E-state index is 6.53. The lowest BCUT2D eigenvalue weighted by molar-refractivity contribution is 0.664. The highest BCUT2D eigenvalue weighted by Gasteiger charge is 2.26. The van der Waals surface area contributed by atoms with Crippen LogP contribution in [0.5, 0.6) is 0 Å². The van der Waals surface area contributed by atoms with Gasteiger partial charge in [-0.05, 0) is 167 Å². The molecule has 0 aliphatic carbocycles. The number of hydrogen-bond donors (Lipinski definition) is 0. The molecule has 9 aromatic heterocycles. The van der Waals surface area contributed by atoms with Gasteiger partial charge in [0, 0.05) is 136 Å². The smallest absolute Gasteiger partial charge is 0.164 e. The fourth-order valence-corrected chi connectivity index (χ4v) is 22.8. The van der Waals surface area contributed by atoms with Crippen molar-refractivity contribution in [3.8, 4) is 147 Å². The van der Waals surface area contributed by atoms with Crippen molar-refractivity contribution < 1.29 is 4.42 Å². The van der Waals surface area contributed by atoms with Gasteiger partial charge in [-0.15, -0.1) is 11.3 Å². The second-order valence-electron chi connectivity index (χ2n) is 37.4. The molecule has 0 radical (unpaired) electrons. The molecule has 150 heavy (non-hydrogen) atoms. The van der Waals surface area contributed by atoms with Crippen molar-refractivity contribution in [2.45, 2.75) is 0 Å². The van der Waals surface area contributed by atoms with Gasteiger partial charge in [-0.3, -0.25) is 0 Å². The number of aromatic nitrogens is 13. The van der Waals surface area contributed by atoms with Crippen LogP contribution in [0.1, 0.15) is 0 Å². The van der Waals surface area contributed by atoms with E-state index in [2.05, 4.69) is 340 Å². The molecule has 0 spiro atoms. The highest BCUT2D eigenvalue weighted by atomic mass is 32.1. The molecule has 14 nitrogen and oxygen atoms in total. The second kappa shape index (κ2) is 37.2. The van der Waals surface area contributed by atoms with Gasteiger partial charge in [-0.25, -0.2) is 44.9 Å². The molecule has 30 rings (SSSR count). The summed E-state index contributed by atoms with van der Waals surface area (Å²) in [5.74, 6) is 5.79. The van der Waals surface area contributed by atoms with E-state index >= 15 is 0 Å². The Bertz CT molecular complexity index is 10300. The molecule has 702 valence electrons. The van der Waals surface area contributed by atoms with E-state index in [1.165, 1.54) is 108 Å². The minimum absolute atomic E-state index is 0.625. The number of para-hydroxylation sites is 5. The fraction of sp³-hybridized carbons (Fsp3) is 0. The third kappa shape index (κ3) is 15.7. The Balaban J connectivity index is 0.000000109. The van der Waals surface area contributed by atoms with Crippen LogP contribution in [-0.2, 0) is 0 Å². The largest absolute Gasteiger partial charge is 0.456 e. The number of benzene rings is 21. The van der Waals surface area contributed by atoms with Crippen LogP contribution >= 0.6 is 11.3 Å². The molecule has 0 bridgehead atoms. The Morgan fingerprint density at radius 1 is 0.153 bits per heavy atom. The third-order valence-electron chi connectivity index (χ3n) is 28.5. The topological polar surface area (TPSA) is 149 Å². The zero-order chi connectivity index (χ0) is 99.1. The lowest BCUT2D eigenvalue weighted by Crippen LogP contribution is -2.01. The van der Waals surface area contributed by atoms with Gasteiger partial charge in [0.15, 0.2) is 52.4 Å². The Hall–Kier alpha value is -20.1. The monoisotopic (exact) mass is 1940 g/mol. The van der Waals surface area contributed by atoms with Gasteiger partial charge in [-0.1, -0.05) is 376 Å². The molecule has 0 fully saturated rings. The van der Waals surface area contributed by atoms with Crippen molar-refractivity contribution in [2.75, 3.05) is 0 Å². The van der Waals surface area contributed by atoms with Crippen LogP contribution in [0.15, 0.2) is 520 Å². The highest BCUT2D eigenvalue weighted by Crippen LogP contribution is 2.47. The predicted molar refractivity (Wildman–Crippen MR) is 617 cm³/mol. The van der Waals surface area contributed by atoms with Gasteiger partial charge in [0.1, 0.15) is 11.2 Å². The lowest BCUT2D eigenvalue weighted by atomic mass is 10.0. The van der Waals surface area contributed by atoms with E-state index in [0.717, 1.165) is 117 Å². The van der Waals surface area contributed by atoms with Gasteiger partial charge in [0.2, 0.25) is 0 Å². The van der Waals surface area contributed by atoms with Crippen molar-refractivity contribution in [3.05, 3.63) is 516 Å². The van der Waals surface area contributed by atoms with Crippen molar-refractivity contribution in [3.63, 3.8) is 0 Å². The van der Waals surface area contributed by atoms with Crippen LogP contribution in [-0.4, -0.2) is 63.1 Å². The SMILES string of the molecule is c1ccc(-c2nc(-c3ccccc3)nc(-c3ccc(-n4c5ccccc5c5ccc(-c6cccc7c6sc6ccccc67)cc54)cc3)n2)cc1.c1ccc(-c2nc(-c3ccccc3)nc(-c3cccc(-n4c5cccc6oc7ccccc7c7cccc4c7c65)c3)n2)cc1.c1ccc(-c2nc(-c3ccccc3)nc(-c3cccc(-n4c5ccccc5c5cc(-c6ccc7c(c6)c6ccccc6n7-c6ccccc6)ccc54)c3)n2)cc1. The van der Waals surface area contributed by atoms with Crippen LogP contribution in [0.2, 0.25) is 0 Å². The summed E-state index contributed by atoms with van der Waals surface area (Å²) < 4.78 is 18.6. The Morgan fingerprint density at radius 2 is 0.447 bits per heavy atom. The van der Waals surface area contributed by atoms with E-state index < -0.39 is 0 Å². The average Bonchev–Trinajstić information content (AvgIpc) is 1.77.